The van der Waals surface area contributed by atoms with Crippen molar-refractivity contribution in [1.82, 2.24) is 0 Å². The average molecular weight is 353 g/mol. The quantitative estimate of drug-likeness (QED) is 0.675. The van der Waals surface area contributed by atoms with Crippen LogP contribution in [0.5, 0.6) is 0 Å². The molecule has 0 aromatic heterocycles. The van der Waals surface area contributed by atoms with E-state index in [1.807, 2.05) is 13.8 Å². The van der Waals surface area contributed by atoms with Gasteiger partial charge >= 0.3 is 0 Å². The van der Waals surface area contributed by atoms with Crippen molar-refractivity contribution < 1.29 is 14.5 Å². The van der Waals surface area contributed by atoms with Gasteiger partial charge in [0.15, 0.2) is 0 Å². The molecule has 3 rings (SSSR count). The summed E-state index contributed by atoms with van der Waals surface area (Å²) in [4.78, 5) is 36.8. The van der Waals surface area contributed by atoms with E-state index >= 15 is 0 Å². The Morgan fingerprint density at radius 1 is 1.19 bits per heavy atom. The molecule has 2 aromatic carbocycles. The predicted octanol–water partition coefficient (Wildman–Crippen LogP) is 3.49. The number of benzene rings is 2. The van der Waals surface area contributed by atoms with E-state index in [9.17, 15) is 19.7 Å². The Labute approximate surface area is 150 Å². The number of rotatable bonds is 3. The second-order valence-electron chi connectivity index (χ2n) is 6.95. The summed E-state index contributed by atoms with van der Waals surface area (Å²) in [5.74, 6) is -0.597. The molecule has 7 nitrogen and oxygen atoms in total. The minimum atomic E-state index is -0.551. The van der Waals surface area contributed by atoms with Gasteiger partial charge in [0.2, 0.25) is 5.91 Å². The first-order chi connectivity index (χ1) is 12.2. The van der Waals surface area contributed by atoms with Crippen molar-refractivity contribution in [3.05, 3.63) is 63.7 Å². The average Bonchev–Trinajstić information content (AvgIpc) is 2.86. The number of hydrogen-bond donors (Lipinski definition) is 1. The molecule has 0 bridgehead atoms. The van der Waals surface area contributed by atoms with Crippen molar-refractivity contribution in [1.29, 1.82) is 0 Å². The number of amides is 2. The van der Waals surface area contributed by atoms with Gasteiger partial charge in [-0.1, -0.05) is 32.0 Å². The van der Waals surface area contributed by atoms with Gasteiger partial charge in [-0.15, -0.1) is 0 Å². The molecular weight excluding hydrogens is 334 g/mol. The van der Waals surface area contributed by atoms with Gasteiger partial charge < -0.3 is 10.2 Å². The molecule has 1 aliphatic rings. The molecule has 134 valence electrons. The first-order valence-electron chi connectivity index (χ1n) is 8.18. The van der Waals surface area contributed by atoms with Crippen LogP contribution in [0.3, 0.4) is 0 Å². The van der Waals surface area contributed by atoms with Crippen molar-refractivity contribution in [3.8, 4) is 0 Å². The van der Waals surface area contributed by atoms with E-state index in [0.717, 1.165) is 5.56 Å². The van der Waals surface area contributed by atoms with E-state index in [1.165, 1.54) is 17.9 Å². The molecule has 0 radical (unpaired) electrons. The highest BCUT2D eigenvalue weighted by molar-refractivity contribution is 6.06. The number of nitro groups is 1. The Balaban J connectivity index is 2.08. The lowest BCUT2D eigenvalue weighted by Crippen LogP contribution is -2.31. The van der Waals surface area contributed by atoms with Crippen LogP contribution in [0.4, 0.5) is 17.1 Å². The van der Waals surface area contributed by atoms with E-state index in [-0.39, 0.29) is 22.7 Å². The number of nitrogens with zero attached hydrogens (tertiary/aromatic N) is 2. The summed E-state index contributed by atoms with van der Waals surface area (Å²) in [6, 6.07) is 11.5. The molecule has 1 N–H and O–H groups in total. The molecule has 0 atom stereocenters. The number of carbonyl (C=O) groups excluding carboxylic acids is 2. The lowest BCUT2D eigenvalue weighted by atomic mass is 9.86. The van der Waals surface area contributed by atoms with Crippen molar-refractivity contribution >= 4 is 28.9 Å². The lowest BCUT2D eigenvalue weighted by molar-refractivity contribution is -0.383. The number of nitrogens with one attached hydrogen (secondary N) is 1. The van der Waals surface area contributed by atoms with Crippen LogP contribution in [0, 0.1) is 10.1 Å². The van der Waals surface area contributed by atoms with Gasteiger partial charge in [0.05, 0.1) is 10.6 Å². The van der Waals surface area contributed by atoms with E-state index in [4.69, 9.17) is 0 Å². The Kier molecular flexibility index (Phi) is 4.23. The molecule has 0 aliphatic carbocycles. The monoisotopic (exact) mass is 353 g/mol. The predicted molar refractivity (Wildman–Crippen MR) is 98.5 cm³/mol. The first kappa shape index (κ1) is 17.6. The zero-order valence-corrected chi connectivity index (χ0v) is 14.8. The van der Waals surface area contributed by atoms with Gasteiger partial charge in [-0.05, 0) is 23.8 Å². The molecular formula is C19H19N3O4. The number of hydrogen-bond acceptors (Lipinski definition) is 4. The van der Waals surface area contributed by atoms with Gasteiger partial charge in [0, 0.05) is 30.5 Å². The van der Waals surface area contributed by atoms with Gasteiger partial charge in [0.25, 0.3) is 11.6 Å². The third-order valence-electron chi connectivity index (χ3n) is 4.55. The lowest BCUT2D eigenvalue weighted by Gasteiger charge is -2.19. The fourth-order valence-corrected chi connectivity index (χ4v) is 3.22. The van der Waals surface area contributed by atoms with Gasteiger partial charge in [0.1, 0.15) is 5.69 Å². The fraction of sp³-hybridized carbons (Fsp3) is 0.263. The molecule has 0 saturated heterocycles. The summed E-state index contributed by atoms with van der Waals surface area (Å²) in [6.45, 7) is 5.79. The van der Waals surface area contributed by atoms with Crippen LogP contribution in [0.2, 0.25) is 0 Å². The van der Waals surface area contributed by atoms with E-state index in [1.54, 1.807) is 36.4 Å². The third kappa shape index (κ3) is 3.03. The first-order valence-corrected chi connectivity index (χ1v) is 8.18. The maximum Gasteiger partial charge on any atom is 0.294 e. The number of fused-ring (bicyclic) bond motifs is 1. The molecule has 26 heavy (non-hydrogen) atoms. The Morgan fingerprint density at radius 2 is 1.85 bits per heavy atom. The SMILES string of the molecule is CC(=O)N1CC(C)(C)c2cc(NC(=O)c3ccccc3)c([N+](=O)[O-])cc21. The van der Waals surface area contributed by atoms with Crippen LogP contribution in [0.1, 0.15) is 36.7 Å². The van der Waals surface area contributed by atoms with Crippen LogP contribution in [-0.2, 0) is 10.2 Å². The maximum atomic E-state index is 12.4. The Bertz CT molecular complexity index is 907. The minimum absolute atomic E-state index is 0.126. The highest BCUT2D eigenvalue weighted by Crippen LogP contribution is 2.45. The molecule has 0 unspecified atom stereocenters. The number of carbonyl (C=O) groups is 2. The summed E-state index contributed by atoms with van der Waals surface area (Å²) in [5, 5.41) is 14.2. The van der Waals surface area contributed by atoms with Gasteiger partial charge in [-0.3, -0.25) is 19.7 Å². The molecule has 0 saturated carbocycles. The second kappa shape index (κ2) is 6.25. The zero-order chi connectivity index (χ0) is 19.1. The van der Waals surface area contributed by atoms with Crippen LogP contribution >= 0.6 is 0 Å². The molecule has 2 aromatic rings. The Hall–Kier alpha value is -3.22. The third-order valence-corrected chi connectivity index (χ3v) is 4.55. The van der Waals surface area contributed by atoms with Gasteiger partial charge in [-0.25, -0.2) is 0 Å². The largest absolute Gasteiger partial charge is 0.316 e. The highest BCUT2D eigenvalue weighted by atomic mass is 16.6. The van der Waals surface area contributed by atoms with E-state index in [0.29, 0.717) is 17.8 Å². The molecule has 0 spiro atoms. The van der Waals surface area contributed by atoms with Crippen LogP contribution < -0.4 is 10.2 Å². The highest BCUT2D eigenvalue weighted by Gasteiger charge is 2.39. The van der Waals surface area contributed by atoms with Crippen LogP contribution in [-0.4, -0.2) is 23.3 Å². The summed E-state index contributed by atoms with van der Waals surface area (Å²) >= 11 is 0. The normalized spacial score (nSPS) is 14.7. The topological polar surface area (TPSA) is 92.6 Å². The number of nitro benzene ring substituents is 1. The summed E-state index contributed by atoms with van der Waals surface area (Å²) in [7, 11) is 0. The zero-order valence-electron chi connectivity index (χ0n) is 14.8. The second-order valence-corrected chi connectivity index (χ2v) is 6.95. The maximum absolute atomic E-state index is 12.4. The molecule has 1 heterocycles. The van der Waals surface area contributed by atoms with Crippen LogP contribution in [0.15, 0.2) is 42.5 Å². The summed E-state index contributed by atoms with van der Waals surface area (Å²) in [5.41, 5.74) is 1.24. The van der Waals surface area contributed by atoms with Gasteiger partial charge in [-0.2, -0.15) is 0 Å². The summed E-state index contributed by atoms with van der Waals surface area (Å²) in [6.07, 6.45) is 0. The molecule has 0 fully saturated rings. The Morgan fingerprint density at radius 3 is 2.42 bits per heavy atom. The molecule has 7 heteroatoms. The smallest absolute Gasteiger partial charge is 0.294 e. The van der Waals surface area contributed by atoms with E-state index in [2.05, 4.69) is 5.32 Å². The summed E-state index contributed by atoms with van der Waals surface area (Å²) < 4.78 is 0. The molecule has 2 amide bonds. The van der Waals surface area contributed by atoms with Crippen molar-refractivity contribution in [2.75, 3.05) is 16.8 Å². The molecule has 1 aliphatic heterocycles. The van der Waals surface area contributed by atoms with Crippen molar-refractivity contribution in [2.45, 2.75) is 26.2 Å². The van der Waals surface area contributed by atoms with Crippen LogP contribution in [0.25, 0.3) is 0 Å². The van der Waals surface area contributed by atoms with Crippen molar-refractivity contribution in [2.24, 2.45) is 0 Å². The standard InChI is InChI=1S/C19H19N3O4/c1-12(23)21-11-19(2,3)14-9-15(17(22(25)26)10-16(14)21)20-18(24)13-7-5-4-6-8-13/h4-10H,11H2,1-3H3,(H,20,24). The van der Waals surface area contributed by atoms with Crippen molar-refractivity contribution in [3.63, 3.8) is 0 Å². The fourth-order valence-electron chi connectivity index (χ4n) is 3.22. The van der Waals surface area contributed by atoms with E-state index < -0.39 is 10.8 Å². The number of anilines is 2. The minimum Gasteiger partial charge on any atom is -0.316 e.